The number of fused-ring (bicyclic) bond motifs is 1. The van der Waals surface area contributed by atoms with Gasteiger partial charge in [0.05, 0.1) is 11.0 Å². The van der Waals surface area contributed by atoms with Gasteiger partial charge in [-0.1, -0.05) is 50.3 Å². The van der Waals surface area contributed by atoms with E-state index in [9.17, 15) is 18.0 Å². The molecule has 39 heavy (non-hydrogen) atoms. The van der Waals surface area contributed by atoms with E-state index in [2.05, 4.69) is 54.6 Å². The summed E-state index contributed by atoms with van der Waals surface area (Å²) in [5.41, 5.74) is 3.67. The molecule has 1 saturated carbocycles. The number of aromatic nitrogens is 1. The molecule has 0 N–H and O–H groups in total. The highest BCUT2D eigenvalue weighted by molar-refractivity contribution is 5.83. The highest BCUT2D eigenvalue weighted by Gasteiger charge is 2.51. The zero-order valence-corrected chi connectivity index (χ0v) is 23.4. The van der Waals surface area contributed by atoms with E-state index in [4.69, 9.17) is 0 Å². The molecule has 4 nitrogen and oxygen atoms in total. The third-order valence-electron chi connectivity index (χ3n) is 9.61. The lowest BCUT2D eigenvalue weighted by Crippen LogP contribution is -2.49. The van der Waals surface area contributed by atoms with Crippen molar-refractivity contribution in [2.75, 3.05) is 19.6 Å². The quantitative estimate of drug-likeness (QED) is 0.407. The number of allylic oxidation sites excluding steroid dienone is 1. The monoisotopic (exact) mass is 539 g/mol. The van der Waals surface area contributed by atoms with Crippen molar-refractivity contribution in [1.82, 2.24) is 14.8 Å². The third-order valence-corrected chi connectivity index (χ3v) is 9.61. The Kier molecular flexibility index (Phi) is 7.66. The molecule has 1 saturated heterocycles. The Morgan fingerprint density at radius 1 is 1.13 bits per heavy atom. The van der Waals surface area contributed by atoms with Gasteiger partial charge in [0.2, 0.25) is 5.91 Å². The van der Waals surface area contributed by atoms with Crippen LogP contribution in [0.4, 0.5) is 13.2 Å². The van der Waals surface area contributed by atoms with Crippen molar-refractivity contribution >= 4 is 11.5 Å². The summed E-state index contributed by atoms with van der Waals surface area (Å²) in [7, 11) is 0. The Hall–Kier alpha value is -2.67. The number of benzene rings is 1. The van der Waals surface area contributed by atoms with Gasteiger partial charge in [-0.2, -0.15) is 13.2 Å². The summed E-state index contributed by atoms with van der Waals surface area (Å²) in [6.07, 6.45) is 1.83. The molecule has 5 rings (SSSR count). The minimum absolute atomic E-state index is 0.106. The first-order chi connectivity index (χ1) is 18.5. The smallest absolute Gasteiger partial charge is 0.337 e. The van der Waals surface area contributed by atoms with Gasteiger partial charge in [0.25, 0.3) is 0 Å². The molecule has 1 amide bonds. The molecule has 2 aliphatic heterocycles. The van der Waals surface area contributed by atoms with Crippen molar-refractivity contribution in [1.29, 1.82) is 0 Å². The van der Waals surface area contributed by atoms with Crippen molar-refractivity contribution in [2.24, 2.45) is 11.3 Å². The average Bonchev–Trinajstić information content (AvgIpc) is 3.39. The normalized spacial score (nSPS) is 24.7. The minimum Gasteiger partial charge on any atom is -0.337 e. The second-order valence-electron chi connectivity index (χ2n) is 12.2. The molecule has 2 aromatic rings. The van der Waals surface area contributed by atoms with E-state index in [1.54, 1.807) is 4.90 Å². The van der Waals surface area contributed by atoms with Crippen LogP contribution in [0.15, 0.2) is 43.1 Å². The number of likely N-dealkylation sites (tertiary alicyclic amines) is 1. The van der Waals surface area contributed by atoms with E-state index in [-0.39, 0.29) is 18.4 Å². The summed E-state index contributed by atoms with van der Waals surface area (Å²) >= 11 is 0. The number of hydrogen-bond donors (Lipinski definition) is 0. The largest absolute Gasteiger partial charge is 0.417 e. The highest BCUT2D eigenvalue weighted by atomic mass is 19.4. The van der Waals surface area contributed by atoms with Crippen LogP contribution in [-0.4, -0.2) is 46.4 Å². The van der Waals surface area contributed by atoms with Crippen LogP contribution >= 0.6 is 0 Å². The van der Waals surface area contributed by atoms with E-state index in [0.717, 1.165) is 57.0 Å². The first-order valence-electron chi connectivity index (χ1n) is 14.3. The number of halogens is 3. The molecule has 0 spiro atoms. The first-order valence-corrected chi connectivity index (χ1v) is 14.3. The van der Waals surface area contributed by atoms with Gasteiger partial charge in [-0.3, -0.25) is 9.78 Å². The number of carbonyl (C=O) groups is 1. The molecule has 3 aliphatic rings. The molecule has 210 valence electrons. The number of pyridine rings is 1. The van der Waals surface area contributed by atoms with Crippen molar-refractivity contribution in [3.05, 3.63) is 71.1 Å². The molecule has 1 aromatic heterocycles. The standard InChI is InChI=1S/C32H40F3N3O/c1-21(2)24-6-5-7-25(16-24)23-9-13-37(14-10-23)28-8-12-31(18-28,22(3)4)30(39)38-15-11-29-26(20-38)17-27(19-36-29)32(33,34)35/h5-7,16-17,19,22-23,28H,1,8-15,18,20H2,2-4H3/t28-,31+/m1/s1. The lowest BCUT2D eigenvalue weighted by atomic mass is 9.73. The lowest BCUT2D eigenvalue weighted by Gasteiger charge is -2.41. The van der Waals surface area contributed by atoms with Gasteiger partial charge in [0.15, 0.2) is 0 Å². The molecule has 0 radical (unpaired) electrons. The van der Waals surface area contributed by atoms with Crippen LogP contribution in [0, 0.1) is 11.3 Å². The molecule has 2 fully saturated rings. The zero-order valence-electron chi connectivity index (χ0n) is 23.4. The Morgan fingerprint density at radius 2 is 1.87 bits per heavy atom. The molecule has 3 heterocycles. The molecule has 2 atom stereocenters. The second kappa shape index (κ2) is 10.7. The van der Waals surface area contributed by atoms with E-state index in [1.807, 2.05) is 6.92 Å². The summed E-state index contributed by atoms with van der Waals surface area (Å²) in [5, 5.41) is 0. The first kappa shape index (κ1) is 27.9. The Bertz CT molecular complexity index is 1230. The molecule has 0 unspecified atom stereocenters. The van der Waals surface area contributed by atoms with E-state index in [1.165, 1.54) is 17.2 Å². The van der Waals surface area contributed by atoms with Gasteiger partial charge in [-0.25, -0.2) is 0 Å². The fourth-order valence-electron chi connectivity index (χ4n) is 7.05. The van der Waals surface area contributed by atoms with Gasteiger partial charge in [0.1, 0.15) is 0 Å². The van der Waals surface area contributed by atoms with Gasteiger partial charge in [0, 0.05) is 37.4 Å². The van der Waals surface area contributed by atoms with Crippen LogP contribution in [0.25, 0.3) is 5.57 Å². The highest BCUT2D eigenvalue weighted by Crippen LogP contribution is 2.48. The fraction of sp³-hybridized carbons (Fsp3) is 0.562. The number of nitrogens with zero attached hydrogens (tertiary/aromatic N) is 3. The Balaban J connectivity index is 1.25. The number of alkyl halides is 3. The second-order valence-corrected chi connectivity index (χ2v) is 12.2. The van der Waals surface area contributed by atoms with Crippen molar-refractivity contribution < 1.29 is 18.0 Å². The summed E-state index contributed by atoms with van der Waals surface area (Å²) < 4.78 is 39.9. The van der Waals surface area contributed by atoms with Crippen LogP contribution in [0.5, 0.6) is 0 Å². The Morgan fingerprint density at radius 3 is 2.54 bits per heavy atom. The third kappa shape index (κ3) is 5.52. The molecule has 1 aliphatic carbocycles. The molecule has 0 bridgehead atoms. The average molecular weight is 540 g/mol. The van der Waals surface area contributed by atoms with Crippen molar-refractivity contribution in [3.63, 3.8) is 0 Å². The van der Waals surface area contributed by atoms with E-state index >= 15 is 0 Å². The van der Waals surface area contributed by atoms with Crippen LogP contribution in [-0.2, 0) is 23.9 Å². The maximum Gasteiger partial charge on any atom is 0.417 e. The minimum atomic E-state index is -4.44. The number of amides is 1. The van der Waals surface area contributed by atoms with Gasteiger partial charge in [-0.15, -0.1) is 0 Å². The predicted molar refractivity (Wildman–Crippen MR) is 148 cm³/mol. The van der Waals surface area contributed by atoms with Gasteiger partial charge >= 0.3 is 6.18 Å². The van der Waals surface area contributed by atoms with Crippen LogP contribution in [0.1, 0.15) is 86.7 Å². The molecular weight excluding hydrogens is 499 g/mol. The number of hydrogen-bond acceptors (Lipinski definition) is 3. The van der Waals surface area contributed by atoms with Crippen LogP contribution < -0.4 is 0 Å². The number of rotatable bonds is 5. The van der Waals surface area contributed by atoms with Crippen molar-refractivity contribution in [2.45, 2.75) is 84.0 Å². The van der Waals surface area contributed by atoms with E-state index in [0.29, 0.717) is 36.2 Å². The van der Waals surface area contributed by atoms with E-state index < -0.39 is 17.2 Å². The lowest BCUT2D eigenvalue weighted by molar-refractivity contribution is -0.146. The zero-order chi connectivity index (χ0) is 27.9. The molecular formula is C32H40F3N3O. The summed E-state index contributed by atoms with van der Waals surface area (Å²) in [4.78, 5) is 22.5. The summed E-state index contributed by atoms with van der Waals surface area (Å²) in [6.45, 7) is 13.2. The maximum atomic E-state index is 14.1. The van der Waals surface area contributed by atoms with Gasteiger partial charge < -0.3 is 9.80 Å². The van der Waals surface area contributed by atoms with Gasteiger partial charge in [-0.05, 0) is 86.7 Å². The fourth-order valence-corrected chi connectivity index (χ4v) is 7.05. The molecule has 7 heteroatoms. The number of carbonyl (C=O) groups excluding carboxylic acids is 1. The van der Waals surface area contributed by atoms with Crippen LogP contribution in [0.3, 0.4) is 0 Å². The number of piperidine rings is 1. The summed E-state index contributed by atoms with van der Waals surface area (Å²) in [6, 6.07) is 10.3. The Labute approximate surface area is 230 Å². The predicted octanol–water partition coefficient (Wildman–Crippen LogP) is 7.09. The SMILES string of the molecule is C=C(C)c1cccc(C2CCN([C@@H]3CC[C@@](C(=O)N4CCc5ncc(C(F)(F)F)cc5C4)(C(C)C)C3)CC2)c1. The van der Waals surface area contributed by atoms with Crippen molar-refractivity contribution in [3.8, 4) is 0 Å². The molecule has 1 aromatic carbocycles. The van der Waals surface area contributed by atoms with Crippen LogP contribution in [0.2, 0.25) is 0 Å². The maximum absolute atomic E-state index is 14.1. The summed E-state index contributed by atoms with van der Waals surface area (Å²) in [5.74, 6) is 0.815. The topological polar surface area (TPSA) is 36.4 Å².